The van der Waals surface area contributed by atoms with Gasteiger partial charge in [0.05, 0.1) is 5.41 Å². The van der Waals surface area contributed by atoms with Crippen molar-refractivity contribution < 1.29 is 0 Å². The molecule has 0 amide bonds. The van der Waals surface area contributed by atoms with Gasteiger partial charge in [0.1, 0.15) is 0 Å². The minimum absolute atomic E-state index is 0.134. The third-order valence-corrected chi connectivity index (χ3v) is 15.0. The highest BCUT2D eigenvalue weighted by Gasteiger charge is 2.51. The van der Waals surface area contributed by atoms with Crippen molar-refractivity contribution in [3.05, 3.63) is 245 Å². The van der Waals surface area contributed by atoms with E-state index in [1.54, 1.807) is 0 Å². The Balaban J connectivity index is 1.06. The molecule has 14 rings (SSSR count). The summed E-state index contributed by atoms with van der Waals surface area (Å²) in [6.07, 6.45) is 4.63. The summed E-state index contributed by atoms with van der Waals surface area (Å²) in [6, 6.07) is 75.8. The van der Waals surface area contributed by atoms with Crippen LogP contribution in [-0.4, -0.2) is 0 Å². The highest BCUT2D eigenvalue weighted by Crippen LogP contribution is 2.64. The van der Waals surface area contributed by atoms with Gasteiger partial charge in [-0.3, -0.25) is 0 Å². The van der Waals surface area contributed by atoms with Crippen LogP contribution in [0.3, 0.4) is 0 Å². The molecule has 0 saturated heterocycles. The number of hydrogen-bond acceptors (Lipinski definition) is 1. The minimum Gasteiger partial charge on any atom is -0.310 e. The van der Waals surface area contributed by atoms with Gasteiger partial charge in [-0.05, 0) is 153 Å². The first-order chi connectivity index (χ1) is 31.0. The second-order valence-corrected chi connectivity index (χ2v) is 18.4. The lowest BCUT2D eigenvalue weighted by Gasteiger charge is -2.41. The molecule has 4 aliphatic rings. The van der Waals surface area contributed by atoms with E-state index < -0.39 is 5.41 Å². The molecule has 294 valence electrons. The molecule has 0 radical (unpaired) electrons. The van der Waals surface area contributed by atoms with E-state index >= 15 is 0 Å². The first kappa shape index (κ1) is 34.9. The van der Waals surface area contributed by atoms with Gasteiger partial charge >= 0.3 is 0 Å². The molecule has 10 aromatic rings. The molecule has 1 atom stereocenters. The van der Waals surface area contributed by atoms with Crippen molar-refractivity contribution in [3.63, 3.8) is 0 Å². The van der Waals surface area contributed by atoms with Crippen LogP contribution in [0.1, 0.15) is 58.4 Å². The lowest BCUT2D eigenvalue weighted by atomic mass is 9.60. The van der Waals surface area contributed by atoms with E-state index in [9.17, 15) is 0 Å². The second kappa shape index (κ2) is 12.4. The highest BCUT2D eigenvalue weighted by atomic mass is 15.1. The van der Waals surface area contributed by atoms with E-state index in [-0.39, 0.29) is 5.41 Å². The van der Waals surface area contributed by atoms with Crippen LogP contribution in [0, 0.1) is 0 Å². The van der Waals surface area contributed by atoms with E-state index in [2.05, 4.69) is 231 Å². The van der Waals surface area contributed by atoms with Gasteiger partial charge in [0.2, 0.25) is 0 Å². The van der Waals surface area contributed by atoms with E-state index in [0.717, 1.165) is 17.1 Å². The van der Waals surface area contributed by atoms with Gasteiger partial charge < -0.3 is 4.90 Å². The summed E-state index contributed by atoms with van der Waals surface area (Å²) in [6.45, 7) is 4.76. The zero-order chi connectivity index (χ0) is 41.6. The van der Waals surface area contributed by atoms with Crippen LogP contribution in [0.5, 0.6) is 0 Å². The van der Waals surface area contributed by atoms with E-state index in [4.69, 9.17) is 0 Å². The molecule has 10 aromatic carbocycles. The molecule has 1 nitrogen and oxygen atoms in total. The lowest BCUT2D eigenvalue weighted by Crippen LogP contribution is -2.32. The first-order valence-electron chi connectivity index (χ1n) is 22.3. The molecule has 0 heterocycles. The van der Waals surface area contributed by atoms with Gasteiger partial charge in [-0.25, -0.2) is 0 Å². The summed E-state index contributed by atoms with van der Waals surface area (Å²) in [5.41, 5.74) is 23.8. The minimum atomic E-state index is -0.563. The molecule has 1 unspecified atom stereocenters. The fourth-order valence-corrected chi connectivity index (χ4v) is 12.3. The number of benzene rings is 10. The molecule has 0 fully saturated rings. The molecular formula is C62H41N. The zero-order valence-electron chi connectivity index (χ0n) is 35.2. The standard InChI is InChI=1S/C62H41N/c1-61(2)52-22-8-6-18-46(52)48-33-31-44(36-55(48)61)63(43-29-27-39(28-30-43)38-13-4-3-5-14-38)45-32-34-49-47-19-7-9-23-53(47)62(56(49)37-45)54-24-12-17-40-15-10-21-51(59(40)54)60-50-20-11-16-41-25-26-42(58(41)50)35-57(60)62/h3-37H,1-2H3. The molecule has 4 aliphatic carbocycles. The zero-order valence-corrected chi connectivity index (χ0v) is 35.2. The maximum Gasteiger partial charge on any atom is 0.0726 e. The maximum atomic E-state index is 2.54. The number of nitrogens with zero attached hydrogens (tertiary/aromatic N) is 1. The van der Waals surface area contributed by atoms with E-state index in [1.807, 2.05) is 0 Å². The van der Waals surface area contributed by atoms with Crippen molar-refractivity contribution in [1.82, 2.24) is 0 Å². The summed E-state index contributed by atoms with van der Waals surface area (Å²) < 4.78 is 0. The Morgan fingerprint density at radius 3 is 1.71 bits per heavy atom. The van der Waals surface area contributed by atoms with Crippen molar-refractivity contribution in [3.8, 4) is 44.5 Å². The number of rotatable bonds is 4. The van der Waals surface area contributed by atoms with Crippen LogP contribution in [0.15, 0.2) is 200 Å². The molecule has 0 saturated carbocycles. The van der Waals surface area contributed by atoms with Crippen LogP contribution in [0.2, 0.25) is 0 Å². The molecule has 0 aromatic heterocycles. The van der Waals surface area contributed by atoms with Crippen LogP contribution >= 0.6 is 0 Å². The molecule has 0 aliphatic heterocycles. The Hall–Kier alpha value is -7.74. The van der Waals surface area contributed by atoms with E-state index in [0.29, 0.717) is 0 Å². The molecule has 1 spiro atoms. The van der Waals surface area contributed by atoms with Gasteiger partial charge in [0.15, 0.2) is 0 Å². The number of fused-ring (bicyclic) bond motifs is 13. The normalized spacial score (nSPS) is 16.2. The van der Waals surface area contributed by atoms with Gasteiger partial charge in [-0.15, -0.1) is 0 Å². The summed E-state index contributed by atoms with van der Waals surface area (Å²) in [5.74, 6) is 0. The van der Waals surface area contributed by atoms with Gasteiger partial charge in [-0.2, -0.15) is 0 Å². The quantitative estimate of drug-likeness (QED) is 0.171. The van der Waals surface area contributed by atoms with Crippen molar-refractivity contribution in [2.45, 2.75) is 24.7 Å². The lowest BCUT2D eigenvalue weighted by molar-refractivity contribution is 0.660. The average Bonchev–Trinajstić information content (AvgIpc) is 3.96. The van der Waals surface area contributed by atoms with Gasteiger partial charge in [0, 0.05) is 22.5 Å². The third kappa shape index (κ3) is 4.51. The van der Waals surface area contributed by atoms with Crippen LogP contribution in [0.4, 0.5) is 17.1 Å². The van der Waals surface area contributed by atoms with Crippen LogP contribution in [0.25, 0.3) is 78.2 Å². The largest absolute Gasteiger partial charge is 0.310 e. The Labute approximate surface area is 367 Å². The Bertz CT molecular complexity index is 3640. The Kier molecular flexibility index (Phi) is 6.89. The Morgan fingerprint density at radius 2 is 0.921 bits per heavy atom. The molecule has 0 bridgehead atoms. The van der Waals surface area contributed by atoms with Crippen LogP contribution in [-0.2, 0) is 10.8 Å². The summed E-state index contributed by atoms with van der Waals surface area (Å²) in [7, 11) is 0. The molecule has 63 heavy (non-hydrogen) atoms. The average molecular weight is 800 g/mol. The summed E-state index contributed by atoms with van der Waals surface area (Å²) >= 11 is 0. The molecular weight excluding hydrogens is 759 g/mol. The molecule has 1 heteroatoms. The van der Waals surface area contributed by atoms with Gasteiger partial charge in [0.25, 0.3) is 0 Å². The predicted molar refractivity (Wildman–Crippen MR) is 264 cm³/mol. The first-order valence-corrected chi connectivity index (χ1v) is 22.3. The molecule has 0 N–H and O–H groups in total. The maximum absolute atomic E-state index is 2.54. The SMILES string of the molecule is CC1(C)c2ccccc2-c2ccc(N(c3ccc(-c4ccccc4)cc3)c3ccc4c(c3)C3(c5ccccc5-4)c4cc5c6c(cccc6c4-c4cccc6cccc3c46)C=C5)cc21. The summed E-state index contributed by atoms with van der Waals surface area (Å²) in [5, 5.41) is 5.31. The highest BCUT2D eigenvalue weighted by molar-refractivity contribution is 6.18. The van der Waals surface area contributed by atoms with E-state index in [1.165, 1.54) is 111 Å². The Morgan fingerprint density at radius 1 is 0.349 bits per heavy atom. The monoisotopic (exact) mass is 799 g/mol. The predicted octanol–water partition coefficient (Wildman–Crippen LogP) is 16.3. The smallest absolute Gasteiger partial charge is 0.0726 e. The van der Waals surface area contributed by atoms with Crippen molar-refractivity contribution >= 4 is 50.8 Å². The van der Waals surface area contributed by atoms with Crippen molar-refractivity contribution in [2.75, 3.05) is 4.90 Å². The number of anilines is 3. The van der Waals surface area contributed by atoms with Crippen molar-refractivity contribution in [1.29, 1.82) is 0 Å². The topological polar surface area (TPSA) is 3.24 Å². The number of hydrogen-bond donors (Lipinski definition) is 0. The van der Waals surface area contributed by atoms with Crippen molar-refractivity contribution in [2.24, 2.45) is 0 Å². The van der Waals surface area contributed by atoms with Crippen LogP contribution < -0.4 is 4.90 Å². The fraction of sp³-hybridized carbons (Fsp3) is 0.0645. The van der Waals surface area contributed by atoms with Gasteiger partial charge in [-0.1, -0.05) is 184 Å². The summed E-state index contributed by atoms with van der Waals surface area (Å²) in [4.78, 5) is 2.50. The second-order valence-electron chi connectivity index (χ2n) is 18.4. The third-order valence-electron chi connectivity index (χ3n) is 15.0. The fourth-order valence-electron chi connectivity index (χ4n) is 12.3.